The fourth-order valence-electron chi connectivity index (χ4n) is 3.49. The minimum Gasteiger partial charge on any atom is -0.496 e. The Morgan fingerprint density at radius 2 is 1.97 bits per heavy atom. The van der Waals surface area contributed by atoms with Gasteiger partial charge in [0.15, 0.2) is 0 Å². The van der Waals surface area contributed by atoms with Gasteiger partial charge in [0.25, 0.3) is 0 Å². The van der Waals surface area contributed by atoms with E-state index >= 15 is 0 Å². The van der Waals surface area contributed by atoms with Crippen molar-refractivity contribution in [3.05, 3.63) is 63.8 Å². The molecule has 0 aliphatic carbocycles. The average Bonchev–Trinajstić information content (AvgIpc) is 3.34. The standard InChI is InChI=1S/C23H20ClN3O3S/c1-12(9-20(28)25-23-27-26-14(3)31-23)17-10-18-19(15-5-7-16(24)8-6-15)11-30-22(18)13(2)21(17)29-4/h5-11H,1-4H3,(H,25,27,28)/b12-9+. The number of benzene rings is 2. The monoisotopic (exact) mass is 453 g/mol. The Balaban J connectivity index is 1.77. The molecule has 0 fully saturated rings. The molecular weight excluding hydrogens is 434 g/mol. The number of halogens is 1. The SMILES string of the molecule is COc1c(/C(C)=C/C(=O)Nc2nnc(C)s2)cc2c(-c3ccc(Cl)cc3)coc2c1C. The molecule has 0 aliphatic rings. The van der Waals surface area contributed by atoms with E-state index in [0.29, 0.717) is 15.9 Å². The third-order valence-corrected chi connectivity index (χ3v) is 5.94. The third-order valence-electron chi connectivity index (χ3n) is 4.93. The molecule has 0 atom stereocenters. The van der Waals surface area contributed by atoms with Gasteiger partial charge < -0.3 is 9.15 Å². The highest BCUT2D eigenvalue weighted by Gasteiger charge is 2.19. The number of amides is 1. The number of ether oxygens (including phenoxy) is 1. The number of methoxy groups -OCH3 is 1. The summed E-state index contributed by atoms with van der Waals surface area (Å²) in [5.74, 6) is 0.386. The molecule has 4 rings (SSSR count). The molecule has 0 radical (unpaired) electrons. The summed E-state index contributed by atoms with van der Waals surface area (Å²) in [4.78, 5) is 12.5. The van der Waals surface area contributed by atoms with Crippen molar-refractivity contribution >= 4 is 50.5 Å². The molecule has 2 aromatic carbocycles. The van der Waals surface area contributed by atoms with E-state index < -0.39 is 0 Å². The van der Waals surface area contributed by atoms with Crippen molar-refractivity contribution in [1.82, 2.24) is 10.2 Å². The van der Waals surface area contributed by atoms with E-state index in [-0.39, 0.29) is 5.91 Å². The number of fused-ring (bicyclic) bond motifs is 1. The molecular formula is C23H20ClN3O3S. The van der Waals surface area contributed by atoms with E-state index in [1.165, 1.54) is 17.4 Å². The van der Waals surface area contributed by atoms with Crippen molar-refractivity contribution in [2.24, 2.45) is 0 Å². The van der Waals surface area contributed by atoms with E-state index in [1.807, 2.05) is 51.1 Å². The van der Waals surface area contributed by atoms with Crippen LogP contribution in [0.3, 0.4) is 0 Å². The molecule has 0 spiro atoms. The third kappa shape index (κ3) is 4.19. The number of aromatic nitrogens is 2. The number of furan rings is 1. The Kier molecular flexibility index (Phi) is 5.80. The van der Waals surface area contributed by atoms with Gasteiger partial charge in [-0.2, -0.15) is 0 Å². The van der Waals surface area contributed by atoms with E-state index in [2.05, 4.69) is 15.5 Å². The number of carbonyl (C=O) groups is 1. The quantitative estimate of drug-likeness (QED) is 0.360. The Labute approximate surface area is 188 Å². The maximum absolute atomic E-state index is 12.5. The summed E-state index contributed by atoms with van der Waals surface area (Å²) in [5, 5.41) is 13.4. The molecule has 8 heteroatoms. The van der Waals surface area contributed by atoms with Gasteiger partial charge in [0.1, 0.15) is 16.3 Å². The molecule has 0 saturated carbocycles. The molecule has 0 unspecified atom stereocenters. The molecule has 0 saturated heterocycles. The maximum Gasteiger partial charge on any atom is 0.250 e. The topological polar surface area (TPSA) is 77.2 Å². The van der Waals surface area contributed by atoms with Gasteiger partial charge in [0.2, 0.25) is 11.0 Å². The van der Waals surface area contributed by atoms with Gasteiger partial charge in [-0.15, -0.1) is 10.2 Å². The van der Waals surface area contributed by atoms with Gasteiger partial charge in [-0.25, -0.2) is 0 Å². The van der Waals surface area contributed by atoms with Gasteiger partial charge in [-0.3, -0.25) is 10.1 Å². The molecule has 6 nitrogen and oxygen atoms in total. The fourth-order valence-corrected chi connectivity index (χ4v) is 4.21. The maximum atomic E-state index is 12.5. The van der Waals surface area contributed by atoms with Crippen molar-refractivity contribution in [1.29, 1.82) is 0 Å². The molecule has 2 aromatic heterocycles. The Morgan fingerprint density at radius 3 is 2.61 bits per heavy atom. The highest BCUT2D eigenvalue weighted by atomic mass is 35.5. The van der Waals surface area contributed by atoms with Gasteiger partial charge in [0.05, 0.1) is 13.4 Å². The van der Waals surface area contributed by atoms with Crippen LogP contribution >= 0.6 is 22.9 Å². The Bertz CT molecular complexity index is 1310. The second kappa shape index (κ2) is 8.53. The van der Waals surface area contributed by atoms with E-state index in [1.54, 1.807) is 13.4 Å². The van der Waals surface area contributed by atoms with Crippen molar-refractivity contribution < 1.29 is 13.9 Å². The summed E-state index contributed by atoms with van der Waals surface area (Å²) in [7, 11) is 1.61. The van der Waals surface area contributed by atoms with Gasteiger partial charge in [0, 0.05) is 33.2 Å². The molecule has 0 bridgehead atoms. The van der Waals surface area contributed by atoms with Crippen molar-refractivity contribution in [2.75, 3.05) is 12.4 Å². The van der Waals surface area contributed by atoms with Gasteiger partial charge in [-0.05, 0) is 50.1 Å². The van der Waals surface area contributed by atoms with Crippen LogP contribution in [0.4, 0.5) is 5.13 Å². The number of anilines is 1. The number of rotatable bonds is 5. The number of nitrogens with one attached hydrogen (secondary N) is 1. The predicted molar refractivity (Wildman–Crippen MR) is 125 cm³/mol. The second-order valence-electron chi connectivity index (χ2n) is 7.06. The predicted octanol–water partition coefficient (Wildman–Crippen LogP) is 6.27. The van der Waals surface area contributed by atoms with Crippen LogP contribution in [-0.4, -0.2) is 23.2 Å². The number of carbonyl (C=O) groups excluding carboxylic acids is 1. The molecule has 2 heterocycles. The molecule has 0 aliphatic heterocycles. The number of hydrogen-bond donors (Lipinski definition) is 1. The molecule has 31 heavy (non-hydrogen) atoms. The van der Waals surface area contributed by atoms with Crippen LogP contribution in [0.25, 0.3) is 27.7 Å². The van der Waals surface area contributed by atoms with Crippen LogP contribution in [-0.2, 0) is 4.79 Å². The van der Waals surface area contributed by atoms with Gasteiger partial charge >= 0.3 is 0 Å². The highest BCUT2D eigenvalue weighted by molar-refractivity contribution is 7.15. The normalized spacial score (nSPS) is 11.7. The Morgan fingerprint density at radius 1 is 1.23 bits per heavy atom. The van der Waals surface area contributed by atoms with Crippen molar-refractivity contribution in [2.45, 2.75) is 20.8 Å². The van der Waals surface area contributed by atoms with Crippen LogP contribution in [0.5, 0.6) is 5.75 Å². The average molecular weight is 454 g/mol. The van der Waals surface area contributed by atoms with E-state index in [4.69, 9.17) is 20.8 Å². The van der Waals surface area contributed by atoms with Gasteiger partial charge in [-0.1, -0.05) is 35.1 Å². The smallest absolute Gasteiger partial charge is 0.250 e. The molecule has 1 amide bonds. The first-order valence-corrected chi connectivity index (χ1v) is 10.7. The van der Waals surface area contributed by atoms with Crippen LogP contribution < -0.4 is 10.1 Å². The zero-order valence-corrected chi connectivity index (χ0v) is 19.0. The molecule has 4 aromatic rings. The van der Waals surface area contributed by atoms with Crippen LogP contribution in [0.15, 0.2) is 47.1 Å². The van der Waals surface area contributed by atoms with Crippen molar-refractivity contribution in [3.63, 3.8) is 0 Å². The number of nitrogens with zero attached hydrogens (tertiary/aromatic N) is 2. The minimum absolute atomic E-state index is 0.279. The minimum atomic E-state index is -0.279. The van der Waals surface area contributed by atoms with E-state index in [9.17, 15) is 4.79 Å². The molecule has 1 N–H and O–H groups in total. The summed E-state index contributed by atoms with van der Waals surface area (Å²) >= 11 is 7.36. The van der Waals surface area contributed by atoms with Crippen LogP contribution in [0, 0.1) is 13.8 Å². The summed E-state index contributed by atoms with van der Waals surface area (Å²) in [6.45, 7) is 5.65. The lowest BCUT2D eigenvalue weighted by atomic mass is 9.96. The first-order valence-electron chi connectivity index (χ1n) is 9.52. The van der Waals surface area contributed by atoms with Crippen molar-refractivity contribution in [3.8, 4) is 16.9 Å². The first kappa shape index (κ1) is 21.1. The highest BCUT2D eigenvalue weighted by Crippen LogP contribution is 2.40. The largest absolute Gasteiger partial charge is 0.496 e. The lowest BCUT2D eigenvalue weighted by Gasteiger charge is -2.13. The van der Waals surface area contributed by atoms with Crippen LogP contribution in [0.1, 0.15) is 23.1 Å². The summed E-state index contributed by atoms with van der Waals surface area (Å²) in [6.07, 6.45) is 3.26. The number of aryl methyl sites for hydroxylation is 2. The second-order valence-corrected chi connectivity index (χ2v) is 8.68. The summed E-state index contributed by atoms with van der Waals surface area (Å²) < 4.78 is 11.5. The number of hydrogen-bond acceptors (Lipinski definition) is 6. The lowest BCUT2D eigenvalue weighted by Crippen LogP contribution is -2.08. The van der Waals surface area contributed by atoms with E-state index in [0.717, 1.165) is 43.8 Å². The molecule has 158 valence electrons. The fraction of sp³-hybridized carbons (Fsp3) is 0.174. The van der Waals surface area contributed by atoms with Crippen LogP contribution in [0.2, 0.25) is 5.02 Å². The summed E-state index contributed by atoms with van der Waals surface area (Å²) in [6, 6.07) is 9.58. The Hall–Kier alpha value is -3.16. The number of allylic oxidation sites excluding steroid dienone is 1. The zero-order chi connectivity index (χ0) is 22.1. The lowest BCUT2D eigenvalue weighted by molar-refractivity contribution is -0.111. The first-order chi connectivity index (χ1) is 14.9. The zero-order valence-electron chi connectivity index (χ0n) is 17.4. The summed E-state index contributed by atoms with van der Waals surface area (Å²) in [5.41, 5.74) is 5.11.